The fourth-order valence-electron chi connectivity index (χ4n) is 5.85. The highest BCUT2D eigenvalue weighted by Crippen LogP contribution is 2.45. The molecule has 0 saturated carbocycles. The molecule has 216 valence electrons. The van der Waals surface area contributed by atoms with Crippen molar-refractivity contribution in [3.63, 3.8) is 0 Å². The lowest BCUT2D eigenvalue weighted by Crippen LogP contribution is -2.37. The zero-order valence-electron chi connectivity index (χ0n) is 23.5. The molecule has 1 N–H and O–H groups in total. The molecule has 1 saturated heterocycles. The molecule has 7 rings (SSSR count). The maximum Gasteiger partial charge on any atom is 0.254 e. The highest BCUT2D eigenvalue weighted by molar-refractivity contribution is 5.97. The first-order valence-electron chi connectivity index (χ1n) is 14.2. The molecule has 2 aliphatic rings. The fraction of sp³-hybridized carbons (Fsp3) is 0.242. The number of hydrogen-bond acceptors (Lipinski definition) is 7. The Morgan fingerprint density at radius 3 is 2.72 bits per heavy atom. The average molecular weight is 577 g/mol. The van der Waals surface area contributed by atoms with Gasteiger partial charge in [0, 0.05) is 49.7 Å². The number of carbonyl (C=O) groups excluding carboxylic acids is 2. The number of amides is 1. The van der Waals surface area contributed by atoms with Crippen LogP contribution in [0, 0.1) is 5.82 Å². The number of nitrogens with one attached hydrogen (secondary N) is 1. The minimum absolute atomic E-state index is 0.124. The third-order valence-electron chi connectivity index (χ3n) is 8.32. The van der Waals surface area contributed by atoms with Crippen LogP contribution >= 0.6 is 0 Å². The minimum Gasteiger partial charge on any atom is -0.380 e. The molecule has 9 nitrogen and oxygen atoms in total. The maximum absolute atomic E-state index is 15.2. The zero-order chi connectivity index (χ0) is 29.6. The largest absolute Gasteiger partial charge is 0.380 e. The number of fused-ring (bicyclic) bond motifs is 2. The first-order valence-corrected chi connectivity index (χ1v) is 14.2. The maximum atomic E-state index is 15.2. The van der Waals surface area contributed by atoms with Crippen molar-refractivity contribution < 1.29 is 18.7 Å². The third-order valence-corrected chi connectivity index (χ3v) is 8.32. The van der Waals surface area contributed by atoms with E-state index in [1.54, 1.807) is 25.6 Å². The second-order valence-electron chi connectivity index (χ2n) is 11.1. The molecule has 1 aliphatic heterocycles. The molecule has 1 atom stereocenters. The van der Waals surface area contributed by atoms with Crippen molar-refractivity contribution in [1.29, 1.82) is 0 Å². The van der Waals surface area contributed by atoms with Gasteiger partial charge in [-0.2, -0.15) is 0 Å². The van der Waals surface area contributed by atoms with Crippen molar-refractivity contribution in [3.8, 4) is 11.1 Å². The topological polar surface area (TPSA) is 102 Å². The second-order valence-corrected chi connectivity index (χ2v) is 11.1. The molecule has 10 heteroatoms. The normalized spacial score (nSPS) is 17.5. The molecule has 1 amide bonds. The molecule has 0 radical (unpaired) electrons. The van der Waals surface area contributed by atoms with Gasteiger partial charge in [-0.15, -0.1) is 0 Å². The lowest BCUT2D eigenvalue weighted by molar-refractivity contribution is -0.119. The number of benzene rings is 2. The van der Waals surface area contributed by atoms with Crippen LogP contribution in [0.25, 0.3) is 27.8 Å². The summed E-state index contributed by atoms with van der Waals surface area (Å²) in [5.74, 6) is -0.921. The molecule has 1 aliphatic carbocycles. The van der Waals surface area contributed by atoms with Crippen molar-refractivity contribution in [3.05, 3.63) is 108 Å². The van der Waals surface area contributed by atoms with Crippen LogP contribution in [0.2, 0.25) is 0 Å². The standard InChI is InChI=1S/C33H29FN6O3/c1-43-26-8-12-39(20-26)19-25(41)16-36-31(42)27-6-4-21(14-28(27)34)23-15-37-32-38-17-30(40(32)18-23)33(9-10-33)24-5-7-29-22(13-24)3-2-11-35-29/h2-7,9-11,13-15,17-18,26H,8,12,16,19-20H2,1H3,(H,36,42)/t26-/m1/s1. The number of allylic oxidation sites excluding steroid dienone is 2. The summed E-state index contributed by atoms with van der Waals surface area (Å²) in [7, 11) is 1.66. The van der Waals surface area contributed by atoms with Crippen molar-refractivity contribution >= 4 is 28.4 Å². The van der Waals surface area contributed by atoms with E-state index in [1.807, 2.05) is 39.9 Å². The highest BCUT2D eigenvalue weighted by atomic mass is 19.1. The summed E-state index contributed by atoms with van der Waals surface area (Å²) < 4.78 is 22.4. The van der Waals surface area contributed by atoms with Crippen molar-refractivity contribution in [1.82, 2.24) is 29.6 Å². The van der Waals surface area contributed by atoms with E-state index >= 15 is 4.39 Å². The molecular formula is C33H29FN6O3. The number of likely N-dealkylation sites (tertiary alicyclic amines) is 1. The van der Waals surface area contributed by atoms with E-state index in [0.717, 1.165) is 35.1 Å². The lowest BCUT2D eigenvalue weighted by atomic mass is 9.89. The van der Waals surface area contributed by atoms with Crippen LogP contribution < -0.4 is 5.32 Å². The number of ether oxygens (including phenoxy) is 1. The number of methoxy groups -OCH3 is 1. The van der Waals surface area contributed by atoms with Gasteiger partial charge in [0.05, 0.1) is 47.6 Å². The third kappa shape index (κ3) is 5.09. The van der Waals surface area contributed by atoms with E-state index in [-0.39, 0.29) is 30.5 Å². The second kappa shape index (κ2) is 10.8. The van der Waals surface area contributed by atoms with Crippen LogP contribution in [0.3, 0.4) is 0 Å². The van der Waals surface area contributed by atoms with Crippen LogP contribution in [0.5, 0.6) is 0 Å². The number of hydrogen-bond donors (Lipinski definition) is 1. The predicted molar refractivity (Wildman–Crippen MR) is 159 cm³/mol. The predicted octanol–water partition coefficient (Wildman–Crippen LogP) is 3.96. The molecular weight excluding hydrogens is 547 g/mol. The van der Waals surface area contributed by atoms with Gasteiger partial charge in [0.1, 0.15) is 5.82 Å². The summed E-state index contributed by atoms with van der Waals surface area (Å²) in [5, 5.41) is 3.61. The summed E-state index contributed by atoms with van der Waals surface area (Å²) in [5.41, 5.74) is 3.64. The quantitative estimate of drug-likeness (QED) is 0.265. The number of ketones is 1. The van der Waals surface area contributed by atoms with Gasteiger partial charge in [0.15, 0.2) is 5.78 Å². The van der Waals surface area contributed by atoms with Gasteiger partial charge in [-0.25, -0.2) is 14.4 Å². The van der Waals surface area contributed by atoms with Gasteiger partial charge >= 0.3 is 0 Å². The smallest absolute Gasteiger partial charge is 0.254 e. The SMILES string of the molecule is CO[C@@H]1CCN(CC(=O)CNC(=O)c2ccc(-c3cnc4ncc(C5(c6ccc7ncccc7c6)C=C5)n4c3)cc2F)C1. The number of Topliss-reactive ketones (excluding diaryl/α,β-unsaturated/α-hetero) is 1. The number of rotatable bonds is 9. The number of imidazole rings is 1. The van der Waals surface area contributed by atoms with E-state index < -0.39 is 17.1 Å². The van der Waals surface area contributed by atoms with Gasteiger partial charge in [0.25, 0.3) is 5.91 Å². The van der Waals surface area contributed by atoms with Gasteiger partial charge in [0.2, 0.25) is 5.78 Å². The molecule has 4 heterocycles. The zero-order valence-corrected chi connectivity index (χ0v) is 23.5. The fourth-order valence-corrected chi connectivity index (χ4v) is 5.85. The Balaban J connectivity index is 1.08. The number of aromatic nitrogens is 4. The van der Waals surface area contributed by atoms with Crippen molar-refractivity contribution in [2.24, 2.45) is 0 Å². The van der Waals surface area contributed by atoms with Crippen molar-refractivity contribution in [2.45, 2.75) is 17.9 Å². The summed E-state index contributed by atoms with van der Waals surface area (Å²) in [4.78, 5) is 40.5. The number of halogens is 1. The average Bonchev–Trinajstić information content (AvgIpc) is 3.51. The molecule has 0 bridgehead atoms. The van der Waals surface area contributed by atoms with E-state index in [4.69, 9.17) is 4.74 Å². The van der Waals surface area contributed by atoms with Crippen LogP contribution in [0.15, 0.2) is 85.5 Å². The first kappa shape index (κ1) is 27.1. The monoisotopic (exact) mass is 576 g/mol. The van der Waals surface area contributed by atoms with Crippen molar-refractivity contribution in [2.75, 3.05) is 33.3 Å². The highest BCUT2D eigenvalue weighted by Gasteiger charge is 2.41. The van der Waals surface area contributed by atoms with Gasteiger partial charge in [-0.1, -0.05) is 30.4 Å². The lowest BCUT2D eigenvalue weighted by Gasteiger charge is -2.17. The Hall–Kier alpha value is -4.80. The van der Waals surface area contributed by atoms with Crippen LogP contribution in [0.1, 0.15) is 28.0 Å². The molecule has 2 aromatic carbocycles. The summed E-state index contributed by atoms with van der Waals surface area (Å²) in [6.45, 7) is 1.52. The van der Waals surface area contributed by atoms with E-state index in [9.17, 15) is 9.59 Å². The van der Waals surface area contributed by atoms with E-state index in [1.165, 1.54) is 12.1 Å². The molecule has 43 heavy (non-hydrogen) atoms. The Kier molecular flexibility index (Phi) is 6.79. The van der Waals surface area contributed by atoms with Gasteiger partial charge in [-0.3, -0.25) is 23.9 Å². The Bertz CT molecular complexity index is 1910. The molecule has 0 spiro atoms. The van der Waals surface area contributed by atoms with E-state index in [0.29, 0.717) is 23.4 Å². The van der Waals surface area contributed by atoms with Crippen LogP contribution in [-0.2, 0) is 14.9 Å². The Morgan fingerprint density at radius 2 is 1.93 bits per heavy atom. The first-order chi connectivity index (χ1) is 20.9. The van der Waals surface area contributed by atoms with Crippen LogP contribution in [0.4, 0.5) is 4.39 Å². The number of carbonyl (C=O) groups is 2. The molecule has 5 aromatic rings. The minimum atomic E-state index is -0.680. The summed E-state index contributed by atoms with van der Waals surface area (Å²) >= 11 is 0. The molecule has 0 unspecified atom stereocenters. The van der Waals surface area contributed by atoms with Gasteiger partial charge in [-0.05, 0) is 47.9 Å². The Labute approximate surface area is 247 Å². The van der Waals surface area contributed by atoms with E-state index in [2.05, 4.69) is 44.6 Å². The summed E-state index contributed by atoms with van der Waals surface area (Å²) in [6.07, 6.45) is 12.4. The molecule has 3 aromatic heterocycles. The Morgan fingerprint density at radius 1 is 1.07 bits per heavy atom. The number of nitrogens with zero attached hydrogens (tertiary/aromatic N) is 5. The van der Waals surface area contributed by atoms with Crippen LogP contribution in [-0.4, -0.2) is 75.3 Å². The number of pyridine rings is 1. The summed E-state index contributed by atoms with van der Waals surface area (Å²) in [6, 6.07) is 14.6. The van der Waals surface area contributed by atoms with Gasteiger partial charge < -0.3 is 10.1 Å². The molecule has 1 fully saturated rings.